The molecule has 18 heavy (non-hydrogen) atoms. The normalized spacial score (nSPS) is 21.6. The minimum absolute atomic E-state index is 0.00560. The van der Waals surface area contributed by atoms with Crippen molar-refractivity contribution < 1.29 is 4.79 Å². The number of hydrogen-bond donors (Lipinski definition) is 1. The molecule has 0 aliphatic heterocycles. The van der Waals surface area contributed by atoms with Gasteiger partial charge in [-0.05, 0) is 18.3 Å². The van der Waals surface area contributed by atoms with Crippen LogP contribution in [-0.2, 0) is 11.8 Å². The zero-order valence-electron chi connectivity index (χ0n) is 11.0. The fourth-order valence-corrected chi connectivity index (χ4v) is 2.68. The first-order chi connectivity index (χ1) is 8.44. The standard InChI is InChI=1S/C13H18N4O/c1-13(2)6-4-5-10(13)12(18)15-11-9(7-14)8-17(3)16-11/h8,10H,4-6H2,1-3H3,(H,15,16,18). The lowest BCUT2D eigenvalue weighted by atomic mass is 9.81. The maximum absolute atomic E-state index is 12.2. The Morgan fingerprint density at radius 2 is 2.39 bits per heavy atom. The fourth-order valence-electron chi connectivity index (χ4n) is 2.68. The van der Waals surface area contributed by atoms with E-state index in [4.69, 9.17) is 5.26 Å². The molecule has 0 aromatic carbocycles. The van der Waals surface area contributed by atoms with Crippen LogP contribution in [0.25, 0.3) is 0 Å². The van der Waals surface area contributed by atoms with E-state index in [0.29, 0.717) is 11.4 Å². The van der Waals surface area contributed by atoms with Crippen molar-refractivity contribution in [2.24, 2.45) is 18.4 Å². The van der Waals surface area contributed by atoms with E-state index >= 15 is 0 Å². The highest BCUT2D eigenvalue weighted by atomic mass is 16.2. The van der Waals surface area contributed by atoms with Crippen molar-refractivity contribution in [3.05, 3.63) is 11.8 Å². The highest BCUT2D eigenvalue weighted by molar-refractivity contribution is 5.93. The predicted octanol–water partition coefficient (Wildman–Crippen LogP) is 2.06. The van der Waals surface area contributed by atoms with Gasteiger partial charge in [0, 0.05) is 19.2 Å². The van der Waals surface area contributed by atoms with Crippen molar-refractivity contribution in [2.45, 2.75) is 33.1 Å². The lowest BCUT2D eigenvalue weighted by Gasteiger charge is -2.25. The molecule has 2 rings (SSSR count). The second kappa shape index (κ2) is 4.45. The number of hydrogen-bond acceptors (Lipinski definition) is 3. The average molecular weight is 246 g/mol. The molecule has 0 saturated heterocycles. The Morgan fingerprint density at radius 3 is 2.94 bits per heavy atom. The van der Waals surface area contributed by atoms with Crippen LogP contribution >= 0.6 is 0 Å². The first-order valence-corrected chi connectivity index (χ1v) is 6.18. The average Bonchev–Trinajstić information content (AvgIpc) is 2.80. The Labute approximate surface area is 107 Å². The zero-order chi connectivity index (χ0) is 13.3. The van der Waals surface area contributed by atoms with Crippen LogP contribution in [-0.4, -0.2) is 15.7 Å². The van der Waals surface area contributed by atoms with Crippen molar-refractivity contribution in [1.29, 1.82) is 5.26 Å². The fraction of sp³-hybridized carbons (Fsp3) is 0.615. The van der Waals surface area contributed by atoms with Crippen LogP contribution in [0.1, 0.15) is 38.7 Å². The van der Waals surface area contributed by atoms with Gasteiger partial charge in [0.1, 0.15) is 11.6 Å². The molecule has 1 aliphatic rings. The second-order valence-electron chi connectivity index (χ2n) is 5.60. The van der Waals surface area contributed by atoms with E-state index in [1.165, 1.54) is 4.68 Å². The van der Waals surface area contributed by atoms with E-state index in [1.807, 2.05) is 6.07 Å². The Balaban J connectivity index is 2.15. The maximum atomic E-state index is 12.2. The summed E-state index contributed by atoms with van der Waals surface area (Å²) in [6.45, 7) is 4.24. The van der Waals surface area contributed by atoms with E-state index in [-0.39, 0.29) is 17.2 Å². The van der Waals surface area contributed by atoms with Crippen LogP contribution in [0, 0.1) is 22.7 Å². The molecule has 0 radical (unpaired) electrons. The number of anilines is 1. The predicted molar refractivity (Wildman–Crippen MR) is 67.7 cm³/mol. The molecule has 1 amide bonds. The van der Waals surface area contributed by atoms with Crippen molar-refractivity contribution in [3.8, 4) is 6.07 Å². The van der Waals surface area contributed by atoms with E-state index in [9.17, 15) is 4.79 Å². The first-order valence-electron chi connectivity index (χ1n) is 6.18. The van der Waals surface area contributed by atoms with Gasteiger partial charge in [0.05, 0.1) is 0 Å². The SMILES string of the molecule is Cn1cc(C#N)c(NC(=O)C2CCCC2(C)C)n1. The molecule has 5 heteroatoms. The molecule has 1 fully saturated rings. The van der Waals surface area contributed by atoms with Gasteiger partial charge < -0.3 is 5.32 Å². The minimum atomic E-state index is -0.0206. The number of rotatable bonds is 2. The summed E-state index contributed by atoms with van der Waals surface area (Å²) in [6, 6.07) is 2.04. The van der Waals surface area contributed by atoms with E-state index in [1.54, 1.807) is 13.2 Å². The number of aromatic nitrogens is 2. The molecule has 96 valence electrons. The molecular weight excluding hydrogens is 228 g/mol. The quantitative estimate of drug-likeness (QED) is 0.868. The summed E-state index contributed by atoms with van der Waals surface area (Å²) in [5.41, 5.74) is 0.438. The third-order valence-electron chi connectivity index (χ3n) is 3.76. The lowest BCUT2D eigenvalue weighted by Crippen LogP contribution is -2.31. The van der Waals surface area contributed by atoms with Gasteiger partial charge in [-0.1, -0.05) is 20.3 Å². The monoisotopic (exact) mass is 246 g/mol. The molecule has 5 nitrogen and oxygen atoms in total. The Hall–Kier alpha value is -1.83. The van der Waals surface area contributed by atoms with Gasteiger partial charge in [0.15, 0.2) is 5.82 Å². The number of amides is 1. The first kappa shape index (κ1) is 12.6. The lowest BCUT2D eigenvalue weighted by molar-refractivity contribution is -0.122. The molecular formula is C13H18N4O. The molecule has 1 atom stereocenters. The highest BCUT2D eigenvalue weighted by Gasteiger charge is 2.39. The van der Waals surface area contributed by atoms with E-state index in [0.717, 1.165) is 19.3 Å². The summed E-state index contributed by atoms with van der Waals surface area (Å²) in [4.78, 5) is 12.2. The van der Waals surface area contributed by atoms with Crippen LogP contribution < -0.4 is 5.32 Å². The largest absolute Gasteiger partial charge is 0.308 e. The van der Waals surface area contributed by atoms with Crippen LogP contribution in [0.3, 0.4) is 0 Å². The number of nitrogens with one attached hydrogen (secondary N) is 1. The molecule has 0 bridgehead atoms. The van der Waals surface area contributed by atoms with Crippen molar-refractivity contribution in [1.82, 2.24) is 9.78 Å². The third-order valence-corrected chi connectivity index (χ3v) is 3.76. The highest BCUT2D eigenvalue weighted by Crippen LogP contribution is 2.43. The summed E-state index contributed by atoms with van der Waals surface area (Å²) >= 11 is 0. The number of carbonyl (C=O) groups excluding carboxylic acids is 1. The van der Waals surface area contributed by atoms with Crippen LogP contribution in [0.4, 0.5) is 5.82 Å². The summed E-state index contributed by atoms with van der Waals surface area (Å²) in [7, 11) is 1.73. The topological polar surface area (TPSA) is 70.7 Å². The third kappa shape index (κ3) is 2.23. The summed E-state index contributed by atoms with van der Waals surface area (Å²) < 4.78 is 1.54. The van der Waals surface area contributed by atoms with Crippen molar-refractivity contribution in [2.75, 3.05) is 5.32 Å². The molecule has 1 aliphatic carbocycles. The van der Waals surface area contributed by atoms with E-state index < -0.39 is 0 Å². The molecule has 1 unspecified atom stereocenters. The summed E-state index contributed by atoms with van der Waals surface area (Å²) in [5.74, 6) is 0.353. The Kier molecular flexibility index (Phi) is 3.12. The second-order valence-corrected chi connectivity index (χ2v) is 5.60. The zero-order valence-corrected chi connectivity index (χ0v) is 11.0. The molecule has 0 spiro atoms. The number of carbonyl (C=O) groups is 1. The van der Waals surface area contributed by atoms with Crippen LogP contribution in [0.2, 0.25) is 0 Å². The van der Waals surface area contributed by atoms with Gasteiger partial charge in [0.2, 0.25) is 5.91 Å². The van der Waals surface area contributed by atoms with Gasteiger partial charge >= 0.3 is 0 Å². The van der Waals surface area contributed by atoms with Gasteiger partial charge in [0.25, 0.3) is 0 Å². The molecule has 1 heterocycles. The maximum Gasteiger partial charge on any atom is 0.229 e. The molecule has 1 N–H and O–H groups in total. The molecule has 1 aromatic rings. The van der Waals surface area contributed by atoms with Crippen molar-refractivity contribution in [3.63, 3.8) is 0 Å². The summed E-state index contributed by atoms with van der Waals surface area (Å²) in [5, 5.41) is 15.8. The van der Waals surface area contributed by atoms with Gasteiger partial charge in [-0.15, -0.1) is 0 Å². The van der Waals surface area contributed by atoms with Gasteiger partial charge in [-0.3, -0.25) is 9.48 Å². The van der Waals surface area contributed by atoms with Crippen molar-refractivity contribution >= 4 is 11.7 Å². The molecule has 1 saturated carbocycles. The minimum Gasteiger partial charge on any atom is -0.308 e. The summed E-state index contributed by atoms with van der Waals surface area (Å²) in [6.07, 6.45) is 4.67. The van der Waals surface area contributed by atoms with Gasteiger partial charge in [-0.2, -0.15) is 10.4 Å². The van der Waals surface area contributed by atoms with Gasteiger partial charge in [-0.25, -0.2) is 0 Å². The van der Waals surface area contributed by atoms with Crippen LogP contribution in [0.15, 0.2) is 6.20 Å². The van der Waals surface area contributed by atoms with E-state index in [2.05, 4.69) is 24.3 Å². The number of nitriles is 1. The number of aryl methyl sites for hydroxylation is 1. The Bertz CT molecular complexity index is 510. The Morgan fingerprint density at radius 1 is 1.67 bits per heavy atom. The number of nitrogens with zero attached hydrogens (tertiary/aromatic N) is 3. The van der Waals surface area contributed by atoms with Crippen LogP contribution in [0.5, 0.6) is 0 Å². The molecule has 1 aromatic heterocycles. The smallest absolute Gasteiger partial charge is 0.229 e.